The minimum atomic E-state index is -0.852. The number of hydrogen-bond acceptors (Lipinski definition) is 5. The molecular formula is C13H20N4O4. The van der Waals surface area contributed by atoms with Gasteiger partial charge in [0.25, 0.3) is 0 Å². The van der Waals surface area contributed by atoms with E-state index in [4.69, 9.17) is 0 Å². The summed E-state index contributed by atoms with van der Waals surface area (Å²) in [4.78, 5) is 23.9. The molecule has 8 heteroatoms. The number of nitrogens with zero attached hydrogens (tertiary/aromatic N) is 4. The second kappa shape index (κ2) is 5.71. The zero-order chi connectivity index (χ0) is 15.7. The summed E-state index contributed by atoms with van der Waals surface area (Å²) in [6.07, 6.45) is 1.31. The molecule has 1 N–H and O–H groups in total. The van der Waals surface area contributed by atoms with Gasteiger partial charge in [-0.3, -0.25) is 14.9 Å². The molecule has 1 saturated heterocycles. The van der Waals surface area contributed by atoms with Crippen molar-refractivity contribution in [1.29, 1.82) is 0 Å². The van der Waals surface area contributed by atoms with Crippen LogP contribution < -0.4 is 4.90 Å². The van der Waals surface area contributed by atoms with Gasteiger partial charge in [0.1, 0.15) is 5.69 Å². The van der Waals surface area contributed by atoms with Crippen LogP contribution in [0.25, 0.3) is 0 Å². The monoisotopic (exact) mass is 296 g/mol. The number of carboxylic acids is 1. The van der Waals surface area contributed by atoms with Crippen molar-refractivity contribution in [1.82, 2.24) is 9.78 Å². The van der Waals surface area contributed by atoms with Crippen LogP contribution in [-0.4, -0.2) is 38.9 Å². The van der Waals surface area contributed by atoms with E-state index in [1.165, 1.54) is 0 Å². The Morgan fingerprint density at radius 1 is 1.52 bits per heavy atom. The molecule has 2 rings (SSSR count). The fourth-order valence-electron chi connectivity index (χ4n) is 2.77. The van der Waals surface area contributed by atoms with Crippen LogP contribution in [0.2, 0.25) is 0 Å². The van der Waals surface area contributed by atoms with E-state index in [2.05, 4.69) is 5.10 Å². The van der Waals surface area contributed by atoms with E-state index in [-0.39, 0.29) is 18.3 Å². The number of anilines is 1. The molecule has 1 unspecified atom stereocenters. The Labute approximate surface area is 122 Å². The highest BCUT2D eigenvalue weighted by Gasteiger charge is 2.34. The second-order valence-corrected chi connectivity index (χ2v) is 5.68. The predicted molar refractivity (Wildman–Crippen MR) is 76.6 cm³/mol. The molecular weight excluding hydrogens is 276 g/mol. The molecule has 0 saturated carbocycles. The molecule has 116 valence electrons. The number of aliphatic carboxylic acids is 1. The van der Waals surface area contributed by atoms with Gasteiger partial charge in [0, 0.05) is 19.1 Å². The number of aromatic nitrogens is 2. The average molecular weight is 296 g/mol. The molecule has 0 spiro atoms. The summed E-state index contributed by atoms with van der Waals surface area (Å²) in [5.74, 6) is -0.915. The first kappa shape index (κ1) is 15.3. The third-order valence-electron chi connectivity index (χ3n) is 3.77. The Balaban J connectivity index is 2.46. The molecule has 0 aliphatic carbocycles. The summed E-state index contributed by atoms with van der Waals surface area (Å²) in [5, 5.41) is 24.8. The van der Waals surface area contributed by atoms with Crippen LogP contribution in [0.4, 0.5) is 11.5 Å². The highest BCUT2D eigenvalue weighted by Crippen LogP contribution is 2.36. The molecule has 1 atom stereocenters. The summed E-state index contributed by atoms with van der Waals surface area (Å²) in [5.41, 5.74) is 0.343. The zero-order valence-corrected chi connectivity index (χ0v) is 12.4. The first-order valence-corrected chi connectivity index (χ1v) is 7.04. The van der Waals surface area contributed by atoms with Crippen LogP contribution in [0.5, 0.6) is 0 Å². The Bertz CT molecular complexity index is 567. The summed E-state index contributed by atoms with van der Waals surface area (Å²) in [6, 6.07) is -0.0300. The van der Waals surface area contributed by atoms with Gasteiger partial charge in [-0.25, -0.2) is 4.68 Å². The van der Waals surface area contributed by atoms with E-state index >= 15 is 0 Å². The number of carbonyl (C=O) groups is 1. The fraction of sp³-hybridized carbons (Fsp3) is 0.692. The number of nitro groups is 1. The highest BCUT2D eigenvalue weighted by atomic mass is 16.6. The van der Waals surface area contributed by atoms with E-state index in [1.807, 2.05) is 13.8 Å². The number of aryl methyl sites for hydroxylation is 1. The van der Waals surface area contributed by atoms with Crippen molar-refractivity contribution in [3.05, 3.63) is 15.8 Å². The van der Waals surface area contributed by atoms with Crippen LogP contribution in [0.1, 0.15) is 38.4 Å². The minimum Gasteiger partial charge on any atom is -0.481 e. The summed E-state index contributed by atoms with van der Waals surface area (Å²) >= 11 is 0. The van der Waals surface area contributed by atoms with Crippen LogP contribution in [-0.2, 0) is 4.79 Å². The number of hydrogen-bond donors (Lipinski definition) is 1. The Hall–Kier alpha value is -2.12. The van der Waals surface area contributed by atoms with E-state index in [0.29, 0.717) is 30.9 Å². The smallest absolute Gasteiger partial charge is 0.333 e. The predicted octanol–water partition coefficient (Wildman–Crippen LogP) is 1.98. The summed E-state index contributed by atoms with van der Waals surface area (Å²) in [7, 11) is 0. The third-order valence-corrected chi connectivity index (χ3v) is 3.77. The maximum Gasteiger partial charge on any atom is 0.333 e. The van der Waals surface area contributed by atoms with Crippen LogP contribution >= 0.6 is 0 Å². The van der Waals surface area contributed by atoms with Crippen molar-refractivity contribution in [3.63, 3.8) is 0 Å². The fourth-order valence-corrected chi connectivity index (χ4v) is 2.77. The van der Waals surface area contributed by atoms with Gasteiger partial charge in [0.15, 0.2) is 0 Å². The largest absolute Gasteiger partial charge is 0.481 e. The van der Waals surface area contributed by atoms with Gasteiger partial charge in [-0.1, -0.05) is 0 Å². The zero-order valence-electron chi connectivity index (χ0n) is 12.4. The Morgan fingerprint density at radius 2 is 2.19 bits per heavy atom. The summed E-state index contributed by atoms with van der Waals surface area (Å²) in [6.45, 7) is 6.31. The molecule has 0 aromatic carbocycles. The van der Waals surface area contributed by atoms with Gasteiger partial charge in [-0.05, 0) is 33.6 Å². The Kier molecular flexibility index (Phi) is 4.15. The molecule has 2 heterocycles. The first-order valence-electron chi connectivity index (χ1n) is 7.04. The van der Waals surface area contributed by atoms with E-state index < -0.39 is 16.8 Å². The summed E-state index contributed by atoms with van der Waals surface area (Å²) < 4.78 is 1.62. The maximum absolute atomic E-state index is 11.3. The van der Waals surface area contributed by atoms with E-state index in [9.17, 15) is 20.0 Å². The molecule has 0 radical (unpaired) electrons. The van der Waals surface area contributed by atoms with E-state index in [1.54, 1.807) is 16.5 Å². The van der Waals surface area contributed by atoms with Crippen LogP contribution in [0.3, 0.4) is 0 Å². The van der Waals surface area contributed by atoms with Gasteiger partial charge in [0.05, 0.1) is 10.8 Å². The Morgan fingerprint density at radius 3 is 2.71 bits per heavy atom. The van der Waals surface area contributed by atoms with Crippen molar-refractivity contribution in [2.45, 2.75) is 39.7 Å². The molecule has 8 nitrogen and oxygen atoms in total. The molecule has 1 fully saturated rings. The van der Waals surface area contributed by atoms with Gasteiger partial charge in [-0.2, -0.15) is 5.10 Å². The quantitative estimate of drug-likeness (QED) is 0.673. The van der Waals surface area contributed by atoms with Crippen molar-refractivity contribution in [2.75, 3.05) is 18.0 Å². The van der Waals surface area contributed by atoms with Gasteiger partial charge in [-0.15, -0.1) is 0 Å². The van der Waals surface area contributed by atoms with Crippen LogP contribution in [0.15, 0.2) is 0 Å². The van der Waals surface area contributed by atoms with Gasteiger partial charge < -0.3 is 10.0 Å². The molecule has 0 amide bonds. The third kappa shape index (κ3) is 2.84. The van der Waals surface area contributed by atoms with E-state index in [0.717, 1.165) is 0 Å². The molecule has 0 bridgehead atoms. The lowest BCUT2D eigenvalue weighted by atomic mass is 9.98. The van der Waals surface area contributed by atoms with Crippen molar-refractivity contribution < 1.29 is 14.8 Å². The number of rotatable bonds is 4. The molecule has 1 aliphatic heterocycles. The molecule has 1 aromatic heterocycles. The average Bonchev–Trinajstić information content (AvgIpc) is 2.76. The molecule has 1 aliphatic rings. The normalized spacial score (nSPS) is 19.0. The number of piperidine rings is 1. The van der Waals surface area contributed by atoms with Crippen LogP contribution in [0, 0.1) is 23.0 Å². The second-order valence-electron chi connectivity index (χ2n) is 5.68. The minimum absolute atomic E-state index is 0.0188. The van der Waals surface area contributed by atoms with Crippen molar-refractivity contribution in [3.8, 4) is 0 Å². The lowest BCUT2D eigenvalue weighted by Gasteiger charge is -2.32. The van der Waals surface area contributed by atoms with Gasteiger partial charge >= 0.3 is 11.7 Å². The number of carboxylic acid groups (broad SMARTS) is 1. The first-order chi connectivity index (χ1) is 9.82. The van der Waals surface area contributed by atoms with Crippen molar-refractivity contribution >= 4 is 17.5 Å². The SMILES string of the molecule is Cc1nn(C(C)C)c(N2CCCC(C(=O)O)C2)c1[N+](=O)[O-]. The van der Waals surface area contributed by atoms with Crippen molar-refractivity contribution in [2.24, 2.45) is 5.92 Å². The molecule has 21 heavy (non-hydrogen) atoms. The lowest BCUT2D eigenvalue weighted by molar-refractivity contribution is -0.384. The highest BCUT2D eigenvalue weighted by molar-refractivity contribution is 5.72. The molecule has 1 aromatic rings. The maximum atomic E-state index is 11.3. The van der Waals surface area contributed by atoms with Gasteiger partial charge in [0.2, 0.25) is 5.82 Å². The standard InChI is InChI=1S/C13H20N4O4/c1-8(2)16-12(11(17(20)21)9(3)14-16)15-6-4-5-10(7-15)13(18)19/h8,10H,4-7H2,1-3H3,(H,18,19). The topological polar surface area (TPSA) is 102 Å². The lowest BCUT2D eigenvalue weighted by Crippen LogP contribution is -2.40.